The minimum absolute atomic E-state index is 0.365. The molecular weight excluding hydrogens is 184 g/mol. The molecule has 1 rings (SSSR count). The van der Waals surface area contributed by atoms with Crippen LogP contribution in [0.25, 0.3) is 0 Å². The second kappa shape index (κ2) is 3.77. The molecule has 0 atom stereocenters. The van der Waals surface area contributed by atoms with Gasteiger partial charge in [0.05, 0.1) is 6.42 Å². The highest BCUT2D eigenvalue weighted by Gasteiger charge is 2.34. The summed E-state index contributed by atoms with van der Waals surface area (Å²) in [4.78, 5) is 0. The molecule has 0 heterocycles. The third-order valence-corrected chi connectivity index (χ3v) is 1.61. The zero-order valence-electron chi connectivity index (χ0n) is 6.68. The molecule has 0 aliphatic heterocycles. The minimum Gasteiger partial charge on any atom is -0.210 e. The molecule has 0 nitrogen and oxygen atoms in total. The standard InChI is InChI=1S/C9H8F4/c10-8(11)6-9(12,13)7-4-2-1-3-5-7/h1-5,8H,6H2. The Bertz CT molecular complexity index is 256. The van der Waals surface area contributed by atoms with Crippen LogP contribution in [0.3, 0.4) is 0 Å². The zero-order chi connectivity index (χ0) is 9.90. The first-order valence-corrected chi connectivity index (χ1v) is 3.74. The summed E-state index contributed by atoms with van der Waals surface area (Å²) in [5.74, 6) is -3.44. The topological polar surface area (TPSA) is 0 Å². The number of rotatable bonds is 3. The van der Waals surface area contributed by atoms with Gasteiger partial charge in [-0.1, -0.05) is 30.3 Å². The van der Waals surface area contributed by atoms with Gasteiger partial charge in [-0.05, 0) is 0 Å². The maximum Gasteiger partial charge on any atom is 0.278 e. The monoisotopic (exact) mass is 192 g/mol. The SMILES string of the molecule is FC(F)CC(F)(F)c1ccccc1. The van der Waals surface area contributed by atoms with Gasteiger partial charge in [0.25, 0.3) is 5.92 Å². The Kier molecular flexibility index (Phi) is 2.90. The quantitative estimate of drug-likeness (QED) is 0.643. The van der Waals surface area contributed by atoms with Gasteiger partial charge >= 0.3 is 0 Å². The number of halogens is 4. The fourth-order valence-electron chi connectivity index (χ4n) is 0.994. The van der Waals surface area contributed by atoms with E-state index >= 15 is 0 Å². The van der Waals surface area contributed by atoms with E-state index in [9.17, 15) is 17.6 Å². The summed E-state index contributed by atoms with van der Waals surface area (Å²) in [6.07, 6.45) is -4.41. The molecule has 0 saturated carbocycles. The Hall–Kier alpha value is -1.06. The van der Waals surface area contributed by atoms with Crippen molar-refractivity contribution in [2.45, 2.75) is 18.8 Å². The molecule has 1 aromatic rings. The van der Waals surface area contributed by atoms with Crippen molar-refractivity contribution in [1.82, 2.24) is 0 Å². The highest BCUT2D eigenvalue weighted by molar-refractivity contribution is 5.19. The summed E-state index contributed by atoms with van der Waals surface area (Å²) in [6.45, 7) is 0. The van der Waals surface area contributed by atoms with E-state index in [-0.39, 0.29) is 5.56 Å². The Morgan fingerprint density at radius 1 is 1.08 bits per heavy atom. The van der Waals surface area contributed by atoms with Crippen LogP contribution in [-0.4, -0.2) is 6.43 Å². The Labute approximate surface area is 73.2 Å². The van der Waals surface area contributed by atoms with Gasteiger partial charge in [0.1, 0.15) is 0 Å². The number of hydrogen-bond acceptors (Lipinski definition) is 0. The third kappa shape index (κ3) is 2.72. The van der Waals surface area contributed by atoms with Crippen LogP contribution in [0.15, 0.2) is 30.3 Å². The van der Waals surface area contributed by atoms with Crippen molar-refractivity contribution in [2.24, 2.45) is 0 Å². The molecule has 0 spiro atoms. The van der Waals surface area contributed by atoms with Crippen molar-refractivity contribution in [1.29, 1.82) is 0 Å². The van der Waals surface area contributed by atoms with E-state index in [1.807, 2.05) is 0 Å². The molecule has 0 saturated heterocycles. The second-order valence-electron chi connectivity index (χ2n) is 2.67. The maximum absolute atomic E-state index is 12.9. The van der Waals surface area contributed by atoms with E-state index in [0.717, 1.165) is 12.1 Å². The largest absolute Gasteiger partial charge is 0.278 e. The summed E-state index contributed by atoms with van der Waals surface area (Å²) in [7, 11) is 0. The number of alkyl halides is 4. The molecule has 0 bridgehead atoms. The summed E-state index contributed by atoms with van der Waals surface area (Å²) >= 11 is 0. The van der Waals surface area contributed by atoms with Crippen LogP contribution < -0.4 is 0 Å². The summed E-state index contributed by atoms with van der Waals surface area (Å²) in [5, 5.41) is 0. The molecule has 0 fully saturated rings. The van der Waals surface area contributed by atoms with E-state index in [2.05, 4.69) is 0 Å². The van der Waals surface area contributed by atoms with Crippen molar-refractivity contribution in [3.05, 3.63) is 35.9 Å². The average molecular weight is 192 g/mol. The van der Waals surface area contributed by atoms with Gasteiger partial charge in [0, 0.05) is 5.56 Å². The molecule has 0 unspecified atom stereocenters. The zero-order valence-corrected chi connectivity index (χ0v) is 6.68. The predicted octanol–water partition coefficient (Wildman–Crippen LogP) is 3.43. The molecule has 0 amide bonds. The average Bonchev–Trinajstić information content (AvgIpc) is 2.04. The Morgan fingerprint density at radius 2 is 1.62 bits per heavy atom. The smallest absolute Gasteiger partial charge is 0.210 e. The second-order valence-corrected chi connectivity index (χ2v) is 2.67. The molecule has 4 heteroatoms. The first-order valence-electron chi connectivity index (χ1n) is 3.74. The van der Waals surface area contributed by atoms with Crippen LogP contribution in [-0.2, 0) is 5.92 Å². The third-order valence-electron chi connectivity index (χ3n) is 1.61. The first-order chi connectivity index (χ1) is 6.02. The van der Waals surface area contributed by atoms with Gasteiger partial charge in [-0.25, -0.2) is 17.6 Å². The molecular formula is C9H8F4. The summed E-state index contributed by atoms with van der Waals surface area (Å²) in [5.41, 5.74) is -0.365. The molecule has 72 valence electrons. The van der Waals surface area contributed by atoms with Gasteiger partial charge in [-0.3, -0.25) is 0 Å². The van der Waals surface area contributed by atoms with E-state index in [4.69, 9.17) is 0 Å². The van der Waals surface area contributed by atoms with Gasteiger partial charge in [-0.2, -0.15) is 0 Å². The van der Waals surface area contributed by atoms with Crippen LogP contribution in [0.2, 0.25) is 0 Å². The molecule has 0 aliphatic carbocycles. The summed E-state index contributed by atoms with van der Waals surface area (Å²) < 4.78 is 49.3. The lowest BCUT2D eigenvalue weighted by Gasteiger charge is -2.15. The summed E-state index contributed by atoms with van der Waals surface area (Å²) in [6, 6.07) is 6.64. The van der Waals surface area contributed by atoms with E-state index < -0.39 is 18.8 Å². The highest BCUT2D eigenvalue weighted by Crippen LogP contribution is 2.33. The van der Waals surface area contributed by atoms with Crippen LogP contribution in [0.4, 0.5) is 17.6 Å². The van der Waals surface area contributed by atoms with E-state index in [1.165, 1.54) is 12.1 Å². The van der Waals surface area contributed by atoms with Gasteiger partial charge < -0.3 is 0 Å². The van der Waals surface area contributed by atoms with E-state index in [0.29, 0.717) is 0 Å². The lowest BCUT2D eigenvalue weighted by molar-refractivity contribution is -0.0594. The van der Waals surface area contributed by atoms with Crippen molar-refractivity contribution in [2.75, 3.05) is 0 Å². The number of hydrogen-bond donors (Lipinski definition) is 0. The minimum atomic E-state index is -3.44. The first kappa shape index (κ1) is 10.0. The molecule has 1 aromatic carbocycles. The van der Waals surface area contributed by atoms with Crippen LogP contribution in [0.5, 0.6) is 0 Å². The van der Waals surface area contributed by atoms with Gasteiger partial charge in [-0.15, -0.1) is 0 Å². The van der Waals surface area contributed by atoms with Crippen LogP contribution in [0.1, 0.15) is 12.0 Å². The molecule has 0 N–H and O–H groups in total. The highest BCUT2D eigenvalue weighted by atomic mass is 19.3. The fraction of sp³-hybridized carbons (Fsp3) is 0.333. The number of benzene rings is 1. The van der Waals surface area contributed by atoms with Gasteiger partial charge in [0.15, 0.2) is 0 Å². The fourth-order valence-corrected chi connectivity index (χ4v) is 0.994. The lowest BCUT2D eigenvalue weighted by atomic mass is 10.1. The van der Waals surface area contributed by atoms with Crippen LogP contribution >= 0.6 is 0 Å². The van der Waals surface area contributed by atoms with Gasteiger partial charge in [0.2, 0.25) is 6.43 Å². The molecule has 13 heavy (non-hydrogen) atoms. The normalized spacial score (nSPS) is 12.1. The van der Waals surface area contributed by atoms with Crippen molar-refractivity contribution in [3.63, 3.8) is 0 Å². The molecule has 0 radical (unpaired) electrons. The van der Waals surface area contributed by atoms with E-state index in [1.54, 1.807) is 6.07 Å². The van der Waals surface area contributed by atoms with Crippen LogP contribution in [0, 0.1) is 0 Å². The lowest BCUT2D eigenvalue weighted by Crippen LogP contribution is -2.17. The Balaban J connectivity index is 2.81. The van der Waals surface area contributed by atoms with Crippen molar-refractivity contribution >= 4 is 0 Å². The predicted molar refractivity (Wildman–Crippen MR) is 41.0 cm³/mol. The van der Waals surface area contributed by atoms with Crippen molar-refractivity contribution < 1.29 is 17.6 Å². The molecule has 0 aliphatic rings. The maximum atomic E-state index is 12.9. The molecule has 0 aromatic heterocycles. The Morgan fingerprint density at radius 3 is 2.08 bits per heavy atom. The van der Waals surface area contributed by atoms with Crippen molar-refractivity contribution in [3.8, 4) is 0 Å².